The van der Waals surface area contributed by atoms with Crippen molar-refractivity contribution >= 4 is 5.82 Å². The third-order valence-electron chi connectivity index (χ3n) is 5.43. The van der Waals surface area contributed by atoms with E-state index in [0.717, 1.165) is 56.2 Å². The number of anilines is 1. The molecule has 0 radical (unpaired) electrons. The molecule has 1 atom stereocenters. The number of piperidine rings is 1. The van der Waals surface area contributed by atoms with Crippen molar-refractivity contribution in [3.8, 4) is 17.6 Å². The van der Waals surface area contributed by atoms with Gasteiger partial charge in [0.25, 0.3) is 0 Å². The number of benzene rings is 1. The van der Waals surface area contributed by atoms with Crippen LogP contribution in [0, 0.1) is 11.3 Å². The Morgan fingerprint density at radius 3 is 2.82 bits per heavy atom. The summed E-state index contributed by atoms with van der Waals surface area (Å²) in [6.45, 7) is 2.81. The Balaban J connectivity index is 1.61. The lowest BCUT2D eigenvalue weighted by Crippen LogP contribution is -2.47. The first-order chi connectivity index (χ1) is 13.7. The highest BCUT2D eigenvalue weighted by atomic mass is 16.5. The van der Waals surface area contributed by atoms with Crippen LogP contribution in [0.5, 0.6) is 11.5 Å². The van der Waals surface area contributed by atoms with Crippen LogP contribution in [0.25, 0.3) is 0 Å². The number of aromatic nitrogens is 1. The molecule has 0 saturated carbocycles. The number of hydrogen-bond donors (Lipinski definition) is 0. The van der Waals surface area contributed by atoms with Crippen LogP contribution in [0.4, 0.5) is 5.82 Å². The first-order valence-electron chi connectivity index (χ1n) is 9.67. The van der Waals surface area contributed by atoms with Crippen LogP contribution in [-0.4, -0.2) is 56.8 Å². The largest absolute Gasteiger partial charge is 0.493 e. The summed E-state index contributed by atoms with van der Waals surface area (Å²) in [7, 11) is 5.50. The van der Waals surface area contributed by atoms with Crippen molar-refractivity contribution in [1.82, 2.24) is 9.88 Å². The lowest BCUT2D eigenvalue weighted by atomic mass is 10.0. The van der Waals surface area contributed by atoms with Crippen molar-refractivity contribution in [1.29, 1.82) is 5.26 Å². The minimum atomic E-state index is 0.447. The van der Waals surface area contributed by atoms with Gasteiger partial charge in [-0.25, -0.2) is 4.98 Å². The predicted molar refractivity (Wildman–Crippen MR) is 110 cm³/mol. The molecule has 0 spiro atoms. The summed E-state index contributed by atoms with van der Waals surface area (Å²) in [5.41, 5.74) is 1.88. The summed E-state index contributed by atoms with van der Waals surface area (Å²) < 4.78 is 10.7. The molecule has 148 valence electrons. The Morgan fingerprint density at radius 2 is 2.07 bits per heavy atom. The summed E-state index contributed by atoms with van der Waals surface area (Å²) in [5.74, 6) is 2.33. The molecule has 6 heteroatoms. The molecule has 6 nitrogen and oxygen atoms in total. The second-order valence-corrected chi connectivity index (χ2v) is 7.15. The van der Waals surface area contributed by atoms with Gasteiger partial charge in [-0.3, -0.25) is 0 Å². The van der Waals surface area contributed by atoms with Gasteiger partial charge in [-0.2, -0.15) is 5.26 Å². The predicted octanol–water partition coefficient (Wildman–Crippen LogP) is 3.11. The molecule has 0 bridgehead atoms. The average Bonchev–Trinajstić information content (AvgIpc) is 2.77. The van der Waals surface area contributed by atoms with Gasteiger partial charge in [0, 0.05) is 31.9 Å². The summed E-state index contributed by atoms with van der Waals surface area (Å²) in [6.07, 6.45) is 4.97. The average molecular weight is 380 g/mol. The Hall–Kier alpha value is -2.78. The highest BCUT2D eigenvalue weighted by molar-refractivity contribution is 5.53. The van der Waals surface area contributed by atoms with Gasteiger partial charge in [-0.15, -0.1) is 0 Å². The zero-order chi connectivity index (χ0) is 19.9. The second kappa shape index (κ2) is 9.43. The van der Waals surface area contributed by atoms with E-state index in [4.69, 9.17) is 9.47 Å². The highest BCUT2D eigenvalue weighted by Gasteiger charge is 2.25. The number of hydrogen-bond acceptors (Lipinski definition) is 6. The molecule has 2 aromatic rings. The topological polar surface area (TPSA) is 61.6 Å². The van der Waals surface area contributed by atoms with E-state index in [1.807, 2.05) is 24.3 Å². The van der Waals surface area contributed by atoms with Gasteiger partial charge in [-0.05, 0) is 56.1 Å². The van der Waals surface area contributed by atoms with Gasteiger partial charge in [-0.1, -0.05) is 6.07 Å². The maximum absolute atomic E-state index is 9.37. The maximum atomic E-state index is 9.37. The number of methoxy groups -OCH3 is 2. The van der Waals surface area contributed by atoms with Gasteiger partial charge in [0.2, 0.25) is 0 Å². The van der Waals surface area contributed by atoms with Gasteiger partial charge in [0.15, 0.2) is 11.5 Å². The molecule has 28 heavy (non-hydrogen) atoms. The fourth-order valence-electron chi connectivity index (χ4n) is 3.77. The molecule has 1 aromatic carbocycles. The zero-order valence-electron chi connectivity index (χ0n) is 16.9. The van der Waals surface area contributed by atoms with Crippen LogP contribution in [0.2, 0.25) is 0 Å². The quantitative estimate of drug-likeness (QED) is 0.736. The van der Waals surface area contributed by atoms with E-state index in [1.165, 1.54) is 5.56 Å². The number of pyridine rings is 1. The maximum Gasteiger partial charge on any atom is 0.160 e. The van der Waals surface area contributed by atoms with Gasteiger partial charge < -0.3 is 19.3 Å². The zero-order valence-corrected chi connectivity index (χ0v) is 16.9. The summed E-state index contributed by atoms with van der Waals surface area (Å²) in [5, 5.41) is 9.37. The molecule has 1 aliphatic rings. The SMILES string of the molecule is COc1ccc(CCN(C)C2CCCN(c3ncccc3C#N)C2)cc1OC. The van der Waals surface area contributed by atoms with E-state index in [-0.39, 0.29) is 0 Å². The van der Waals surface area contributed by atoms with Crippen LogP contribution in [0.15, 0.2) is 36.5 Å². The standard InChI is InChI=1S/C22H28N4O2/c1-25(13-10-17-8-9-20(27-2)21(14-17)28-3)19-7-5-12-26(16-19)22-18(15-23)6-4-11-24-22/h4,6,8-9,11,14,19H,5,7,10,12-13,16H2,1-3H3. The van der Waals surface area contributed by atoms with Crippen molar-refractivity contribution in [2.75, 3.05) is 45.8 Å². The van der Waals surface area contributed by atoms with E-state index in [1.54, 1.807) is 20.4 Å². The molecule has 1 unspecified atom stereocenters. The van der Waals surface area contributed by atoms with E-state index in [9.17, 15) is 5.26 Å². The van der Waals surface area contributed by atoms with Crippen LogP contribution in [0.3, 0.4) is 0 Å². The van der Waals surface area contributed by atoms with Gasteiger partial charge in [0.05, 0.1) is 19.8 Å². The number of nitriles is 1. The molecule has 1 saturated heterocycles. The summed E-state index contributed by atoms with van der Waals surface area (Å²) >= 11 is 0. The fraction of sp³-hybridized carbons (Fsp3) is 0.455. The normalized spacial score (nSPS) is 16.7. The van der Waals surface area contributed by atoms with E-state index < -0.39 is 0 Å². The lowest BCUT2D eigenvalue weighted by molar-refractivity contribution is 0.217. The molecular weight excluding hydrogens is 352 g/mol. The summed E-state index contributed by atoms with van der Waals surface area (Å²) in [6, 6.07) is 12.5. The Bertz CT molecular complexity index is 834. The molecule has 0 N–H and O–H groups in total. The van der Waals surface area contributed by atoms with Gasteiger partial charge in [0.1, 0.15) is 11.9 Å². The van der Waals surface area contributed by atoms with Crippen LogP contribution < -0.4 is 14.4 Å². The third-order valence-corrected chi connectivity index (χ3v) is 5.43. The molecule has 3 rings (SSSR count). The van der Waals surface area contributed by atoms with Crippen molar-refractivity contribution < 1.29 is 9.47 Å². The molecule has 2 heterocycles. The number of nitrogens with zero attached hydrogens (tertiary/aromatic N) is 4. The van der Waals surface area contributed by atoms with Gasteiger partial charge >= 0.3 is 0 Å². The minimum absolute atomic E-state index is 0.447. The molecule has 1 aromatic heterocycles. The first kappa shape index (κ1) is 20.0. The number of rotatable bonds is 7. The van der Waals surface area contributed by atoms with Crippen LogP contribution in [-0.2, 0) is 6.42 Å². The Kier molecular flexibility index (Phi) is 6.72. The van der Waals surface area contributed by atoms with Crippen molar-refractivity contribution in [3.63, 3.8) is 0 Å². The molecular formula is C22H28N4O2. The number of likely N-dealkylation sites (N-methyl/N-ethyl adjacent to an activating group) is 1. The lowest BCUT2D eigenvalue weighted by Gasteiger charge is -2.38. The van der Waals surface area contributed by atoms with Crippen LogP contribution in [0.1, 0.15) is 24.0 Å². The van der Waals surface area contributed by atoms with Crippen LogP contribution >= 0.6 is 0 Å². The Labute approximate surface area is 167 Å². The first-order valence-corrected chi connectivity index (χ1v) is 9.67. The van der Waals surface area contributed by atoms with Crippen molar-refractivity contribution in [2.45, 2.75) is 25.3 Å². The van der Waals surface area contributed by atoms with Crippen molar-refractivity contribution in [2.24, 2.45) is 0 Å². The third kappa shape index (κ3) is 4.55. The van der Waals surface area contributed by atoms with E-state index in [0.29, 0.717) is 11.6 Å². The molecule has 0 aliphatic carbocycles. The summed E-state index contributed by atoms with van der Waals surface area (Å²) in [4.78, 5) is 9.12. The molecule has 1 aliphatic heterocycles. The smallest absolute Gasteiger partial charge is 0.160 e. The molecule has 0 amide bonds. The van der Waals surface area contributed by atoms with E-state index in [2.05, 4.69) is 34.0 Å². The Morgan fingerprint density at radius 1 is 1.25 bits per heavy atom. The highest BCUT2D eigenvalue weighted by Crippen LogP contribution is 2.28. The monoisotopic (exact) mass is 380 g/mol. The fourth-order valence-corrected chi connectivity index (χ4v) is 3.77. The number of ether oxygens (including phenoxy) is 2. The van der Waals surface area contributed by atoms with Crippen molar-refractivity contribution in [3.05, 3.63) is 47.7 Å². The molecule has 1 fully saturated rings. The minimum Gasteiger partial charge on any atom is -0.493 e. The second-order valence-electron chi connectivity index (χ2n) is 7.15. The van der Waals surface area contributed by atoms with E-state index >= 15 is 0 Å².